The fraction of sp³-hybridized carbons (Fsp3) is 0.923. The summed E-state index contributed by atoms with van der Waals surface area (Å²) in [7, 11) is 0. The molecule has 0 aromatic rings. The fourth-order valence-corrected chi connectivity index (χ4v) is 3.14. The van der Waals surface area contributed by atoms with Gasteiger partial charge in [0.1, 0.15) is 24.4 Å². The molecule has 0 rings (SSSR count). The number of carboxylic acid groups (broad SMARTS) is 2. The van der Waals surface area contributed by atoms with Crippen LogP contribution in [-0.2, 0) is 9.59 Å². The lowest BCUT2D eigenvalue weighted by Crippen LogP contribution is -2.46. The number of rotatable bonds is 21. The molecule has 0 bridgehead atoms. The van der Waals surface area contributed by atoms with E-state index < -0.39 is 49.6 Å². The predicted octanol–water partition coefficient (Wildman–Crippen LogP) is 2.84. The Bertz CT molecular complexity index is 434. The SMILES string of the molecule is CCCCCCCCCC(=O)O.CCCCCCCCCC(=O)O.OC[C@@H](O)[C@@H](O)[C@H](O)[C@@H](O)CO. The Morgan fingerprint density at radius 1 is 0.500 bits per heavy atom. The molecule has 0 radical (unpaired) electrons. The number of aliphatic carboxylic acids is 2. The van der Waals surface area contributed by atoms with Crippen molar-refractivity contribution in [3.05, 3.63) is 0 Å². The zero-order chi connectivity index (χ0) is 28.2. The molecule has 0 heterocycles. The molecule has 0 amide bonds. The van der Waals surface area contributed by atoms with Crippen molar-refractivity contribution in [1.82, 2.24) is 0 Å². The van der Waals surface area contributed by atoms with E-state index in [-0.39, 0.29) is 0 Å². The molecule has 0 aliphatic heterocycles. The Kier molecular flexibility index (Phi) is 32.6. The van der Waals surface area contributed by atoms with Crippen LogP contribution in [-0.4, -0.2) is 90.4 Å². The average Bonchev–Trinajstić information content (AvgIpc) is 2.86. The highest BCUT2D eigenvalue weighted by Gasteiger charge is 2.29. The molecule has 36 heavy (non-hydrogen) atoms. The topological polar surface area (TPSA) is 196 Å². The Morgan fingerprint density at radius 2 is 0.750 bits per heavy atom. The summed E-state index contributed by atoms with van der Waals surface area (Å²) in [5, 5.41) is 68.9. The Labute approximate surface area is 217 Å². The minimum atomic E-state index is -1.67. The van der Waals surface area contributed by atoms with Crippen LogP contribution in [0.15, 0.2) is 0 Å². The molecule has 0 aliphatic rings. The standard InChI is InChI=1S/2C10H20O2.C6H14O6/c2*1-2-3-4-5-6-7-8-9-10(11)12;7-1-3(9)5(11)6(12)4(10)2-8/h2*2-9H2,1H3,(H,11,12);3-12H,1-2H2/t;;3-,4+,5-,6-/m..1/s1. The van der Waals surface area contributed by atoms with E-state index in [1.165, 1.54) is 64.2 Å². The highest BCUT2D eigenvalue weighted by molar-refractivity contribution is 5.66. The van der Waals surface area contributed by atoms with Gasteiger partial charge in [0.25, 0.3) is 0 Å². The van der Waals surface area contributed by atoms with E-state index in [0.29, 0.717) is 12.8 Å². The number of unbranched alkanes of at least 4 members (excludes halogenated alkanes) is 12. The molecule has 4 atom stereocenters. The summed E-state index contributed by atoms with van der Waals surface area (Å²) < 4.78 is 0. The van der Waals surface area contributed by atoms with E-state index in [2.05, 4.69) is 13.8 Å². The van der Waals surface area contributed by atoms with Crippen LogP contribution in [0.3, 0.4) is 0 Å². The maximum Gasteiger partial charge on any atom is 0.303 e. The summed E-state index contributed by atoms with van der Waals surface area (Å²) in [5.41, 5.74) is 0. The maximum atomic E-state index is 10.1. The molecule has 0 fully saturated rings. The Morgan fingerprint density at radius 3 is 0.972 bits per heavy atom. The van der Waals surface area contributed by atoms with Gasteiger partial charge in [-0.05, 0) is 12.8 Å². The highest BCUT2D eigenvalue weighted by atomic mass is 16.4. The molecular weight excluding hydrogens is 472 g/mol. The second-order valence-corrected chi connectivity index (χ2v) is 9.01. The van der Waals surface area contributed by atoms with Crippen molar-refractivity contribution >= 4 is 11.9 Å². The van der Waals surface area contributed by atoms with Gasteiger partial charge in [-0.2, -0.15) is 0 Å². The number of carboxylic acids is 2. The minimum Gasteiger partial charge on any atom is -0.481 e. The molecule has 0 aromatic heterocycles. The summed E-state index contributed by atoms with van der Waals surface area (Å²) in [6.45, 7) is 2.95. The van der Waals surface area contributed by atoms with Crippen LogP contribution < -0.4 is 0 Å². The van der Waals surface area contributed by atoms with Crippen molar-refractivity contribution in [2.24, 2.45) is 0 Å². The lowest BCUT2D eigenvalue weighted by molar-refractivity contribution is -0.138. The molecule has 10 nitrogen and oxygen atoms in total. The van der Waals surface area contributed by atoms with E-state index in [1.807, 2.05) is 0 Å². The van der Waals surface area contributed by atoms with Crippen molar-refractivity contribution in [3.8, 4) is 0 Å². The second-order valence-electron chi connectivity index (χ2n) is 9.01. The first-order valence-corrected chi connectivity index (χ1v) is 13.5. The van der Waals surface area contributed by atoms with Gasteiger partial charge in [-0.25, -0.2) is 0 Å². The Balaban J connectivity index is -0.000000454. The normalized spacial score (nSPS) is 13.9. The van der Waals surface area contributed by atoms with Crippen molar-refractivity contribution in [1.29, 1.82) is 0 Å². The molecule has 218 valence electrons. The number of hydrogen-bond donors (Lipinski definition) is 8. The van der Waals surface area contributed by atoms with Gasteiger partial charge in [0.2, 0.25) is 0 Å². The first kappa shape index (κ1) is 39.2. The number of aliphatic hydroxyl groups excluding tert-OH is 6. The van der Waals surface area contributed by atoms with Crippen LogP contribution in [0.25, 0.3) is 0 Å². The third-order valence-electron chi connectivity index (χ3n) is 5.50. The van der Waals surface area contributed by atoms with E-state index in [4.69, 9.17) is 40.9 Å². The molecule has 8 N–H and O–H groups in total. The van der Waals surface area contributed by atoms with E-state index in [1.54, 1.807) is 0 Å². The summed E-state index contributed by atoms with van der Waals surface area (Å²) >= 11 is 0. The van der Waals surface area contributed by atoms with Crippen molar-refractivity contribution in [3.63, 3.8) is 0 Å². The minimum absolute atomic E-state index is 0.341. The van der Waals surface area contributed by atoms with Crippen LogP contribution in [0.5, 0.6) is 0 Å². The fourth-order valence-electron chi connectivity index (χ4n) is 3.14. The van der Waals surface area contributed by atoms with Gasteiger partial charge in [-0.1, -0.05) is 90.9 Å². The molecule has 0 unspecified atom stereocenters. The highest BCUT2D eigenvalue weighted by Crippen LogP contribution is 2.09. The first-order valence-electron chi connectivity index (χ1n) is 13.5. The van der Waals surface area contributed by atoms with Crippen molar-refractivity contribution in [2.45, 2.75) is 141 Å². The van der Waals surface area contributed by atoms with Gasteiger partial charge in [0, 0.05) is 12.8 Å². The third-order valence-corrected chi connectivity index (χ3v) is 5.50. The van der Waals surface area contributed by atoms with Gasteiger partial charge < -0.3 is 40.9 Å². The van der Waals surface area contributed by atoms with Crippen LogP contribution in [0.2, 0.25) is 0 Å². The molecule has 0 spiro atoms. The van der Waals surface area contributed by atoms with Gasteiger partial charge in [-0.15, -0.1) is 0 Å². The van der Waals surface area contributed by atoms with Crippen LogP contribution in [0.1, 0.15) is 117 Å². The average molecular weight is 527 g/mol. The second kappa shape index (κ2) is 29.9. The quantitative estimate of drug-likeness (QED) is 0.103. The first-order chi connectivity index (χ1) is 17.1. The number of hydrogen-bond acceptors (Lipinski definition) is 8. The number of carbonyl (C=O) groups is 2. The largest absolute Gasteiger partial charge is 0.481 e. The summed E-state index contributed by atoms with van der Waals surface area (Å²) in [6.07, 6.45) is 10.9. The van der Waals surface area contributed by atoms with Crippen molar-refractivity contribution in [2.75, 3.05) is 13.2 Å². The summed E-state index contributed by atoms with van der Waals surface area (Å²) in [4.78, 5) is 20.3. The zero-order valence-electron chi connectivity index (χ0n) is 22.4. The lowest BCUT2D eigenvalue weighted by atomic mass is 10.0. The number of aliphatic hydroxyl groups is 6. The zero-order valence-corrected chi connectivity index (χ0v) is 22.4. The van der Waals surface area contributed by atoms with E-state index in [0.717, 1.165) is 25.7 Å². The summed E-state index contributed by atoms with van der Waals surface area (Å²) in [6, 6.07) is 0. The molecule has 0 saturated carbocycles. The lowest BCUT2D eigenvalue weighted by Gasteiger charge is -2.24. The van der Waals surface area contributed by atoms with Gasteiger partial charge in [-0.3, -0.25) is 9.59 Å². The van der Waals surface area contributed by atoms with E-state index >= 15 is 0 Å². The van der Waals surface area contributed by atoms with Crippen LogP contribution in [0, 0.1) is 0 Å². The summed E-state index contributed by atoms with van der Waals surface area (Å²) in [5.74, 6) is -1.33. The van der Waals surface area contributed by atoms with Gasteiger partial charge in [0.15, 0.2) is 0 Å². The van der Waals surface area contributed by atoms with Gasteiger partial charge in [0.05, 0.1) is 13.2 Å². The third kappa shape index (κ3) is 30.7. The Hall–Kier alpha value is -1.30. The van der Waals surface area contributed by atoms with Crippen LogP contribution in [0.4, 0.5) is 0 Å². The molecular formula is C26H54O10. The smallest absolute Gasteiger partial charge is 0.303 e. The molecule has 0 saturated heterocycles. The van der Waals surface area contributed by atoms with E-state index in [9.17, 15) is 9.59 Å². The predicted molar refractivity (Wildman–Crippen MR) is 139 cm³/mol. The molecule has 10 heteroatoms. The maximum absolute atomic E-state index is 10.1. The van der Waals surface area contributed by atoms with Crippen LogP contribution >= 0.6 is 0 Å². The van der Waals surface area contributed by atoms with Gasteiger partial charge >= 0.3 is 11.9 Å². The van der Waals surface area contributed by atoms with Crippen molar-refractivity contribution < 1.29 is 50.4 Å². The molecule has 0 aliphatic carbocycles. The molecule has 0 aromatic carbocycles. The monoisotopic (exact) mass is 526 g/mol.